The second-order valence-corrected chi connectivity index (χ2v) is 8.28. The van der Waals surface area contributed by atoms with Crippen molar-refractivity contribution in [2.45, 2.75) is 25.3 Å². The van der Waals surface area contributed by atoms with Crippen molar-refractivity contribution in [2.24, 2.45) is 0 Å². The monoisotopic (exact) mass is 420 g/mol. The predicted molar refractivity (Wildman–Crippen MR) is 112 cm³/mol. The van der Waals surface area contributed by atoms with Gasteiger partial charge in [-0.2, -0.15) is 4.31 Å². The van der Waals surface area contributed by atoms with Gasteiger partial charge < -0.3 is 14.4 Å². The van der Waals surface area contributed by atoms with Crippen LogP contribution in [0.3, 0.4) is 0 Å². The molecule has 0 fully saturated rings. The highest BCUT2D eigenvalue weighted by atomic mass is 32.2. The number of rotatable bonds is 10. The Kier molecular flexibility index (Phi) is 8.04. The molecular weight excluding hydrogens is 392 g/mol. The van der Waals surface area contributed by atoms with Crippen molar-refractivity contribution in [3.8, 4) is 11.5 Å². The molecule has 2 rings (SSSR count). The van der Waals surface area contributed by atoms with E-state index in [0.29, 0.717) is 24.6 Å². The fourth-order valence-electron chi connectivity index (χ4n) is 2.97. The lowest BCUT2D eigenvalue weighted by Gasteiger charge is -2.26. The van der Waals surface area contributed by atoms with E-state index < -0.39 is 10.0 Å². The van der Waals surface area contributed by atoms with Crippen molar-refractivity contribution in [3.63, 3.8) is 0 Å². The minimum atomic E-state index is -3.95. The maximum absolute atomic E-state index is 13.4. The van der Waals surface area contributed by atoms with E-state index in [2.05, 4.69) is 0 Å². The third-order valence-electron chi connectivity index (χ3n) is 4.62. The second kappa shape index (κ2) is 10.3. The summed E-state index contributed by atoms with van der Waals surface area (Å²) < 4.78 is 38.4. The summed E-state index contributed by atoms with van der Waals surface area (Å²) in [6.07, 6.45) is 0. The molecule has 0 heterocycles. The van der Waals surface area contributed by atoms with Gasteiger partial charge in [0.1, 0.15) is 0 Å². The predicted octanol–water partition coefficient (Wildman–Crippen LogP) is 2.76. The van der Waals surface area contributed by atoms with Crippen molar-refractivity contribution in [1.29, 1.82) is 0 Å². The van der Waals surface area contributed by atoms with Crippen LogP contribution < -0.4 is 9.47 Å². The number of methoxy groups -OCH3 is 2. The Morgan fingerprint density at radius 2 is 1.55 bits per heavy atom. The zero-order chi connectivity index (χ0) is 21.4. The normalized spacial score (nSPS) is 11.3. The number of ether oxygens (including phenoxy) is 2. The molecule has 8 heteroatoms. The number of nitrogens with zero attached hydrogens (tertiary/aromatic N) is 2. The molecule has 0 aromatic heterocycles. The first-order valence-corrected chi connectivity index (χ1v) is 10.8. The van der Waals surface area contributed by atoms with Gasteiger partial charge in [-0.15, -0.1) is 0 Å². The van der Waals surface area contributed by atoms with Gasteiger partial charge in [-0.3, -0.25) is 4.79 Å². The Hall–Kier alpha value is -2.58. The molecule has 7 nitrogen and oxygen atoms in total. The van der Waals surface area contributed by atoms with Crippen LogP contribution in [-0.2, 0) is 21.4 Å². The first kappa shape index (κ1) is 22.7. The molecule has 0 aliphatic rings. The minimum absolute atomic E-state index is 0.0402. The van der Waals surface area contributed by atoms with E-state index in [0.717, 1.165) is 5.56 Å². The van der Waals surface area contributed by atoms with Gasteiger partial charge in [0.15, 0.2) is 11.5 Å². The molecule has 0 bridgehead atoms. The number of hydrogen-bond acceptors (Lipinski definition) is 5. The average Bonchev–Trinajstić information content (AvgIpc) is 2.74. The molecule has 0 atom stereocenters. The van der Waals surface area contributed by atoms with Crippen LogP contribution >= 0.6 is 0 Å². The summed E-state index contributed by atoms with van der Waals surface area (Å²) in [5.41, 5.74) is 0.795. The zero-order valence-electron chi connectivity index (χ0n) is 17.3. The third kappa shape index (κ3) is 5.48. The largest absolute Gasteiger partial charge is 0.493 e. The first-order valence-electron chi connectivity index (χ1n) is 9.41. The Labute approximate surface area is 172 Å². The van der Waals surface area contributed by atoms with E-state index in [1.165, 1.54) is 30.7 Å². The Morgan fingerprint density at radius 3 is 2.10 bits per heavy atom. The lowest BCUT2D eigenvalue weighted by Crippen LogP contribution is -2.42. The van der Waals surface area contributed by atoms with Crippen molar-refractivity contribution < 1.29 is 22.7 Å². The Morgan fingerprint density at radius 1 is 0.931 bits per heavy atom. The number of sulfonamides is 1. The molecule has 29 heavy (non-hydrogen) atoms. The van der Waals surface area contributed by atoms with Crippen molar-refractivity contribution in [1.82, 2.24) is 9.21 Å². The number of benzene rings is 2. The van der Waals surface area contributed by atoms with Gasteiger partial charge in [-0.25, -0.2) is 8.42 Å². The standard InChI is InChI=1S/C21H28N2O5S/c1-5-22(6-2)21(24)16-23(15-17-10-8-7-9-11-17)29(25,26)18-12-13-19(27-3)20(14-18)28-4/h7-14H,5-6,15-16H2,1-4H3. The van der Waals surface area contributed by atoms with Gasteiger partial charge in [0.2, 0.25) is 15.9 Å². The molecule has 0 spiro atoms. The quantitative estimate of drug-likeness (QED) is 0.591. The van der Waals surface area contributed by atoms with Crippen LogP contribution in [0.2, 0.25) is 0 Å². The third-order valence-corrected chi connectivity index (χ3v) is 6.41. The fraction of sp³-hybridized carbons (Fsp3) is 0.381. The summed E-state index contributed by atoms with van der Waals surface area (Å²) in [6, 6.07) is 13.6. The molecule has 1 amide bonds. The molecule has 0 radical (unpaired) electrons. The molecule has 0 aliphatic carbocycles. The number of carbonyl (C=O) groups is 1. The molecule has 2 aromatic carbocycles. The second-order valence-electron chi connectivity index (χ2n) is 6.34. The van der Waals surface area contributed by atoms with E-state index in [1.807, 2.05) is 44.2 Å². The summed E-state index contributed by atoms with van der Waals surface area (Å²) in [5, 5.41) is 0. The summed E-state index contributed by atoms with van der Waals surface area (Å²) >= 11 is 0. The van der Waals surface area contributed by atoms with Gasteiger partial charge in [-0.1, -0.05) is 30.3 Å². The van der Waals surface area contributed by atoms with Crippen molar-refractivity contribution in [3.05, 3.63) is 54.1 Å². The highest BCUT2D eigenvalue weighted by Crippen LogP contribution is 2.31. The van der Waals surface area contributed by atoms with E-state index in [1.54, 1.807) is 11.0 Å². The van der Waals surface area contributed by atoms with Gasteiger partial charge >= 0.3 is 0 Å². The van der Waals surface area contributed by atoms with Crippen LogP contribution in [0.1, 0.15) is 19.4 Å². The zero-order valence-corrected chi connectivity index (χ0v) is 18.1. The topological polar surface area (TPSA) is 76.2 Å². The summed E-state index contributed by atoms with van der Waals surface area (Å²) in [4.78, 5) is 14.3. The minimum Gasteiger partial charge on any atom is -0.493 e. The maximum Gasteiger partial charge on any atom is 0.243 e. The highest BCUT2D eigenvalue weighted by molar-refractivity contribution is 7.89. The fourth-order valence-corrected chi connectivity index (χ4v) is 4.36. The van der Waals surface area contributed by atoms with E-state index in [-0.39, 0.29) is 23.9 Å². The summed E-state index contributed by atoms with van der Waals surface area (Å²) in [6.45, 7) is 4.62. The number of likely N-dealkylation sites (N-methyl/N-ethyl adjacent to an activating group) is 1. The van der Waals surface area contributed by atoms with E-state index >= 15 is 0 Å². The molecular formula is C21H28N2O5S. The van der Waals surface area contributed by atoms with E-state index in [4.69, 9.17) is 9.47 Å². The van der Waals surface area contributed by atoms with Crippen LogP contribution in [0.15, 0.2) is 53.4 Å². The number of hydrogen-bond donors (Lipinski definition) is 0. The molecule has 0 aliphatic heterocycles. The van der Waals surface area contributed by atoms with Gasteiger partial charge in [0.05, 0.1) is 25.7 Å². The Bertz CT molecular complexity index is 912. The highest BCUT2D eigenvalue weighted by Gasteiger charge is 2.29. The van der Waals surface area contributed by atoms with Gasteiger partial charge in [-0.05, 0) is 31.5 Å². The van der Waals surface area contributed by atoms with Crippen LogP contribution in [0.5, 0.6) is 11.5 Å². The smallest absolute Gasteiger partial charge is 0.243 e. The maximum atomic E-state index is 13.4. The summed E-state index contributed by atoms with van der Waals surface area (Å²) in [7, 11) is -1.02. The number of carbonyl (C=O) groups excluding carboxylic acids is 1. The van der Waals surface area contributed by atoms with Gasteiger partial charge in [0.25, 0.3) is 0 Å². The molecule has 0 unspecified atom stereocenters. The SMILES string of the molecule is CCN(CC)C(=O)CN(Cc1ccccc1)S(=O)(=O)c1ccc(OC)c(OC)c1. The Balaban J connectivity index is 2.43. The van der Waals surface area contributed by atoms with Crippen LogP contribution in [0.25, 0.3) is 0 Å². The molecule has 0 saturated heterocycles. The lowest BCUT2D eigenvalue weighted by atomic mass is 10.2. The van der Waals surface area contributed by atoms with E-state index in [9.17, 15) is 13.2 Å². The van der Waals surface area contributed by atoms with Crippen molar-refractivity contribution >= 4 is 15.9 Å². The van der Waals surface area contributed by atoms with Crippen LogP contribution in [-0.4, -0.2) is 57.4 Å². The molecule has 0 saturated carbocycles. The average molecular weight is 421 g/mol. The lowest BCUT2D eigenvalue weighted by molar-refractivity contribution is -0.131. The first-order chi connectivity index (χ1) is 13.9. The molecule has 158 valence electrons. The number of amides is 1. The van der Waals surface area contributed by atoms with Crippen molar-refractivity contribution in [2.75, 3.05) is 33.9 Å². The summed E-state index contributed by atoms with van der Waals surface area (Å²) in [5.74, 6) is 0.499. The molecule has 0 N–H and O–H groups in total. The van der Waals surface area contributed by atoms with Gasteiger partial charge in [0, 0.05) is 25.7 Å². The molecule has 2 aromatic rings. The van der Waals surface area contributed by atoms with Crippen LogP contribution in [0, 0.1) is 0 Å². The van der Waals surface area contributed by atoms with Crippen LogP contribution in [0.4, 0.5) is 0 Å².